The summed E-state index contributed by atoms with van der Waals surface area (Å²) in [6.45, 7) is 0. The molecule has 0 atom stereocenters. The van der Waals surface area contributed by atoms with Gasteiger partial charge in [-0.25, -0.2) is 13.8 Å². The van der Waals surface area contributed by atoms with Crippen molar-refractivity contribution in [2.24, 2.45) is 0 Å². The molecule has 0 fully saturated rings. The minimum atomic E-state index is -2.98. The number of hydrogen-bond donors (Lipinski definition) is 1. The van der Waals surface area contributed by atoms with Crippen LogP contribution in [-0.4, -0.2) is 16.2 Å². The van der Waals surface area contributed by atoms with Crippen LogP contribution in [0.3, 0.4) is 0 Å². The maximum Gasteiger partial charge on any atom is 0.298 e. The molecule has 6 nitrogen and oxygen atoms in total. The summed E-state index contributed by atoms with van der Waals surface area (Å²) in [6, 6.07) is 0.552. The number of carbonyl (C=O) groups excluding carboxylic acids is 1. The lowest BCUT2D eigenvalue weighted by atomic mass is 10.2. The number of nitrogen functional groups attached to an aromatic ring is 1. The highest BCUT2D eigenvalue weighted by Crippen LogP contribution is 2.28. The molecule has 0 saturated carbocycles. The van der Waals surface area contributed by atoms with Crippen molar-refractivity contribution in [2.75, 3.05) is 5.73 Å². The molecule has 0 aliphatic rings. The van der Waals surface area contributed by atoms with Gasteiger partial charge in [-0.3, -0.25) is 14.9 Å². The zero-order valence-electron chi connectivity index (χ0n) is 7.18. The number of nitro groups is 1. The normalized spacial score (nSPS) is 10.3. The third kappa shape index (κ3) is 2.03. The summed E-state index contributed by atoms with van der Waals surface area (Å²) in [5.41, 5.74) is 2.99. The fourth-order valence-electron chi connectivity index (χ4n) is 0.955. The standard InChI is InChI=1S/C7H5F2N3O3/c8-6(9)3-1-5(12(14)15)4(2-13)11-7(3)10/h1-2,6H,(H2,10,11). The Morgan fingerprint density at radius 2 is 2.20 bits per heavy atom. The van der Waals surface area contributed by atoms with Crippen LogP contribution in [0.4, 0.5) is 20.3 Å². The summed E-state index contributed by atoms with van der Waals surface area (Å²) in [5.74, 6) is -0.585. The molecule has 0 spiro atoms. The summed E-state index contributed by atoms with van der Waals surface area (Å²) in [5, 5.41) is 10.4. The first-order valence-corrected chi connectivity index (χ1v) is 3.65. The van der Waals surface area contributed by atoms with Crippen LogP contribution in [0.1, 0.15) is 22.5 Å². The molecule has 1 aromatic rings. The van der Waals surface area contributed by atoms with Crippen molar-refractivity contribution in [3.63, 3.8) is 0 Å². The first kappa shape index (κ1) is 11.0. The second-order valence-electron chi connectivity index (χ2n) is 2.54. The van der Waals surface area contributed by atoms with Gasteiger partial charge in [0.25, 0.3) is 12.1 Å². The van der Waals surface area contributed by atoms with Crippen LogP contribution in [0.5, 0.6) is 0 Å². The maximum absolute atomic E-state index is 12.3. The Morgan fingerprint density at radius 3 is 2.60 bits per heavy atom. The van der Waals surface area contributed by atoms with E-state index in [1.165, 1.54) is 0 Å². The molecule has 1 heterocycles. The van der Waals surface area contributed by atoms with Crippen molar-refractivity contribution in [3.8, 4) is 0 Å². The highest BCUT2D eigenvalue weighted by molar-refractivity contribution is 5.79. The van der Waals surface area contributed by atoms with Gasteiger partial charge in [0.2, 0.25) is 0 Å². The number of anilines is 1. The fraction of sp³-hybridized carbons (Fsp3) is 0.143. The number of halogens is 2. The van der Waals surface area contributed by atoms with E-state index in [1.54, 1.807) is 0 Å². The molecule has 15 heavy (non-hydrogen) atoms. The van der Waals surface area contributed by atoms with Gasteiger partial charge in [0.15, 0.2) is 12.0 Å². The number of alkyl halides is 2. The minimum absolute atomic E-state index is 0.0870. The van der Waals surface area contributed by atoms with Crippen LogP contribution >= 0.6 is 0 Å². The Morgan fingerprint density at radius 1 is 1.60 bits per heavy atom. The maximum atomic E-state index is 12.3. The van der Waals surface area contributed by atoms with E-state index in [0.717, 1.165) is 0 Å². The molecule has 0 saturated heterocycles. The molecular weight excluding hydrogens is 212 g/mol. The average molecular weight is 217 g/mol. The van der Waals surface area contributed by atoms with Gasteiger partial charge in [0.05, 0.1) is 10.5 Å². The van der Waals surface area contributed by atoms with Crippen LogP contribution in [-0.2, 0) is 0 Å². The molecule has 0 unspecified atom stereocenters. The smallest absolute Gasteiger partial charge is 0.298 e. The Balaban J connectivity index is 3.43. The van der Waals surface area contributed by atoms with Crippen LogP contribution in [0.15, 0.2) is 6.07 Å². The van der Waals surface area contributed by atoms with E-state index >= 15 is 0 Å². The van der Waals surface area contributed by atoms with Crippen molar-refractivity contribution < 1.29 is 18.5 Å². The van der Waals surface area contributed by atoms with Gasteiger partial charge in [-0.15, -0.1) is 0 Å². The monoisotopic (exact) mass is 217 g/mol. The minimum Gasteiger partial charge on any atom is -0.383 e. The number of nitrogens with two attached hydrogens (primary N) is 1. The van der Waals surface area contributed by atoms with Gasteiger partial charge >= 0.3 is 0 Å². The van der Waals surface area contributed by atoms with Crippen molar-refractivity contribution >= 4 is 17.8 Å². The van der Waals surface area contributed by atoms with E-state index < -0.39 is 34.1 Å². The molecule has 2 N–H and O–H groups in total. The predicted molar refractivity (Wildman–Crippen MR) is 45.6 cm³/mol. The van der Waals surface area contributed by atoms with Gasteiger partial charge in [0.1, 0.15) is 5.82 Å². The Kier molecular flexibility index (Phi) is 2.88. The largest absolute Gasteiger partial charge is 0.383 e. The van der Waals surface area contributed by atoms with E-state index in [1.807, 2.05) is 0 Å². The Bertz CT molecular complexity index is 422. The first-order chi connectivity index (χ1) is 6.97. The summed E-state index contributed by atoms with van der Waals surface area (Å²) >= 11 is 0. The average Bonchev–Trinajstić information content (AvgIpc) is 2.16. The Labute approximate surface area is 81.9 Å². The third-order valence-corrected chi connectivity index (χ3v) is 1.63. The number of hydrogen-bond acceptors (Lipinski definition) is 5. The molecule has 80 valence electrons. The SMILES string of the molecule is Nc1nc(C=O)c([N+](=O)[O-])cc1C(F)F. The van der Waals surface area contributed by atoms with Crippen LogP contribution in [0.2, 0.25) is 0 Å². The molecular formula is C7H5F2N3O3. The van der Waals surface area contributed by atoms with Gasteiger partial charge in [-0.1, -0.05) is 0 Å². The lowest BCUT2D eigenvalue weighted by Gasteiger charge is -2.04. The number of carbonyl (C=O) groups is 1. The van der Waals surface area contributed by atoms with Crippen molar-refractivity contribution in [3.05, 3.63) is 27.4 Å². The van der Waals surface area contributed by atoms with Gasteiger partial charge in [0, 0.05) is 6.07 Å². The fourth-order valence-corrected chi connectivity index (χ4v) is 0.955. The number of rotatable bonds is 3. The van der Waals surface area contributed by atoms with Crippen molar-refractivity contribution in [1.82, 2.24) is 4.98 Å². The molecule has 0 aliphatic heterocycles. The first-order valence-electron chi connectivity index (χ1n) is 3.65. The highest BCUT2D eigenvalue weighted by Gasteiger charge is 2.22. The van der Waals surface area contributed by atoms with Gasteiger partial charge < -0.3 is 5.73 Å². The number of nitrogens with zero attached hydrogens (tertiary/aromatic N) is 2. The second kappa shape index (κ2) is 3.95. The topological polar surface area (TPSA) is 99.1 Å². The summed E-state index contributed by atoms with van der Waals surface area (Å²) < 4.78 is 24.6. The molecule has 0 aliphatic carbocycles. The lowest BCUT2D eigenvalue weighted by molar-refractivity contribution is -0.385. The third-order valence-electron chi connectivity index (χ3n) is 1.63. The van der Waals surface area contributed by atoms with E-state index in [4.69, 9.17) is 5.73 Å². The lowest BCUT2D eigenvalue weighted by Crippen LogP contribution is -2.05. The molecule has 0 aromatic carbocycles. The molecule has 1 aromatic heterocycles. The van der Waals surface area contributed by atoms with E-state index in [-0.39, 0.29) is 6.29 Å². The zero-order chi connectivity index (χ0) is 11.6. The van der Waals surface area contributed by atoms with E-state index in [0.29, 0.717) is 6.07 Å². The van der Waals surface area contributed by atoms with E-state index in [9.17, 15) is 23.7 Å². The van der Waals surface area contributed by atoms with Gasteiger partial charge in [-0.2, -0.15) is 0 Å². The number of pyridine rings is 1. The molecule has 8 heteroatoms. The number of aromatic nitrogens is 1. The Hall–Kier alpha value is -2.12. The van der Waals surface area contributed by atoms with Crippen LogP contribution < -0.4 is 5.73 Å². The van der Waals surface area contributed by atoms with Gasteiger partial charge in [-0.05, 0) is 0 Å². The molecule has 0 bridgehead atoms. The van der Waals surface area contributed by atoms with Crippen molar-refractivity contribution in [2.45, 2.75) is 6.43 Å². The number of aldehydes is 1. The second-order valence-corrected chi connectivity index (χ2v) is 2.54. The quantitative estimate of drug-likeness (QED) is 0.467. The van der Waals surface area contributed by atoms with Crippen LogP contribution in [0, 0.1) is 10.1 Å². The molecule has 0 radical (unpaired) electrons. The van der Waals surface area contributed by atoms with Crippen LogP contribution in [0.25, 0.3) is 0 Å². The van der Waals surface area contributed by atoms with E-state index in [2.05, 4.69) is 4.98 Å². The summed E-state index contributed by atoms with van der Waals surface area (Å²) in [7, 11) is 0. The zero-order valence-corrected chi connectivity index (χ0v) is 7.18. The van der Waals surface area contributed by atoms with Crippen molar-refractivity contribution in [1.29, 1.82) is 0 Å². The molecule has 1 rings (SSSR count). The summed E-state index contributed by atoms with van der Waals surface area (Å²) in [6.07, 6.45) is -2.89. The predicted octanol–water partition coefficient (Wildman–Crippen LogP) is 1.32. The molecule has 0 amide bonds. The summed E-state index contributed by atoms with van der Waals surface area (Å²) in [4.78, 5) is 23.0. The highest BCUT2D eigenvalue weighted by atomic mass is 19.3.